The molecular weight excluding hydrogens is 1370 g/mol. The maximum atomic E-state index is 14.5. The van der Waals surface area contributed by atoms with Crippen LogP contribution in [-0.2, 0) is 28.8 Å². The monoisotopic (exact) mass is 1440 g/mol. The molecule has 6 aromatic rings. The topological polar surface area (TPSA) is 317 Å². The van der Waals surface area contributed by atoms with E-state index in [1.807, 2.05) is 47.6 Å². The van der Waals surface area contributed by atoms with Crippen LogP contribution in [-0.4, -0.2) is 114 Å². The Bertz CT molecular complexity index is 4010. The summed E-state index contributed by atoms with van der Waals surface area (Å²) in [6, 6.07) is 28.0. The van der Waals surface area contributed by atoms with Crippen LogP contribution in [0.25, 0.3) is 9.69 Å². The van der Waals surface area contributed by atoms with Gasteiger partial charge in [-0.2, -0.15) is 24.2 Å². The fraction of sp³-hybridized carbons (Fsp3) is 0.284. The number of carbonyl (C=O) groups is 6. The van der Waals surface area contributed by atoms with Gasteiger partial charge in [-0.3, -0.25) is 33.7 Å². The number of aliphatic carboxylic acids is 1. The van der Waals surface area contributed by atoms with Crippen molar-refractivity contribution >= 4 is 138 Å². The molecule has 1 saturated heterocycles. The number of aryl methyl sites for hydroxylation is 2. The second kappa shape index (κ2) is 41.2. The Labute approximate surface area is 578 Å². The highest BCUT2D eigenvalue weighted by atomic mass is 79.9. The van der Waals surface area contributed by atoms with Gasteiger partial charge in [-0.1, -0.05) is 28.1 Å². The summed E-state index contributed by atoms with van der Waals surface area (Å²) in [4.78, 5) is 114. The molecule has 0 bridgehead atoms. The van der Waals surface area contributed by atoms with Crippen molar-refractivity contribution < 1.29 is 70.6 Å². The minimum atomic E-state index is -1.08. The van der Waals surface area contributed by atoms with E-state index in [0.29, 0.717) is 38.6 Å². The molecule has 30 heteroatoms. The minimum Gasteiger partial charge on any atom is -0.480 e. The Hall–Kier alpha value is -10.7. The number of rotatable bonds is 11. The van der Waals surface area contributed by atoms with Crippen molar-refractivity contribution in [3.8, 4) is 0 Å². The van der Waals surface area contributed by atoms with Gasteiger partial charge in [0.1, 0.15) is 34.3 Å². The van der Waals surface area contributed by atoms with E-state index in [0.717, 1.165) is 16.8 Å². The number of nitrogens with one attached hydrogen (secondary N) is 6. The molecule has 1 heterocycles. The fourth-order valence-electron chi connectivity index (χ4n) is 7.62. The van der Waals surface area contributed by atoms with Crippen LogP contribution in [0.2, 0.25) is 0 Å². The molecule has 514 valence electrons. The number of hydrogen-bond donors (Lipinski definition) is 8. The van der Waals surface area contributed by atoms with Crippen LogP contribution in [0.1, 0.15) is 115 Å². The van der Waals surface area contributed by atoms with Crippen molar-refractivity contribution in [1.29, 1.82) is 0 Å². The average Bonchev–Trinajstić information content (AvgIpc) is 1.59. The molecule has 0 unspecified atom stereocenters. The van der Waals surface area contributed by atoms with E-state index in [4.69, 9.17) is 55.4 Å². The second-order valence-corrected chi connectivity index (χ2v) is 23.5. The quantitative estimate of drug-likeness (QED) is 0.0259. The van der Waals surface area contributed by atoms with Gasteiger partial charge in [0.2, 0.25) is 0 Å². The highest BCUT2D eigenvalue weighted by Crippen LogP contribution is 2.38. The molecule has 0 aromatic heterocycles. The lowest BCUT2D eigenvalue weighted by molar-refractivity contribution is -0.193. The van der Waals surface area contributed by atoms with Crippen molar-refractivity contribution in [2.75, 3.05) is 48.6 Å². The largest absolute Gasteiger partial charge is 0.480 e. The van der Waals surface area contributed by atoms with E-state index in [-0.39, 0.29) is 57.2 Å². The van der Waals surface area contributed by atoms with E-state index < -0.39 is 63.9 Å². The lowest BCUT2D eigenvalue weighted by Crippen LogP contribution is -2.44. The first-order valence-electron chi connectivity index (χ1n) is 28.2. The molecule has 1 fully saturated rings. The van der Waals surface area contributed by atoms with Gasteiger partial charge >= 0.3 is 18.3 Å². The number of carbonyl (C=O) groups excluding carboxylic acids is 9. The van der Waals surface area contributed by atoms with Crippen molar-refractivity contribution in [2.45, 2.75) is 98.8 Å². The number of carboxylic acid groups (broad SMARTS) is 1. The van der Waals surface area contributed by atoms with Crippen LogP contribution >= 0.6 is 40.4 Å². The van der Waals surface area contributed by atoms with Crippen LogP contribution in [0.4, 0.5) is 57.4 Å². The highest BCUT2D eigenvalue weighted by Gasteiger charge is 2.50. The minimum absolute atomic E-state index is 0.0562. The number of nitrogens with zero attached hydrogens (tertiary/aromatic N) is 5. The van der Waals surface area contributed by atoms with Crippen LogP contribution in [0.5, 0.6) is 0 Å². The van der Waals surface area contributed by atoms with E-state index >= 15 is 0 Å². The van der Waals surface area contributed by atoms with Gasteiger partial charge in [-0.25, -0.2) is 27.3 Å². The number of isothiocyanates is 1. The first kappa shape index (κ1) is 86.3. The maximum Gasteiger partial charge on any atom is 0.373 e. The number of amides is 5. The van der Waals surface area contributed by atoms with Crippen molar-refractivity contribution in [3.63, 3.8) is 0 Å². The highest BCUT2D eigenvalue weighted by molar-refractivity contribution is 9.10. The third-order valence-corrected chi connectivity index (χ3v) is 13.1. The van der Waals surface area contributed by atoms with Crippen LogP contribution in [0.15, 0.2) is 119 Å². The summed E-state index contributed by atoms with van der Waals surface area (Å²) >= 11 is 13.1. The summed E-state index contributed by atoms with van der Waals surface area (Å²) in [6.45, 7) is 33.8. The average molecular weight is 1440 g/mol. The molecule has 1 aliphatic rings. The SMILES string of the molecule is CC(C)(N)C(=O)O.CNC(=O)c1ccc(Br)cc1F.CNC(=O)c1ccc(NC(C)(C)C)cc1F.CNC(=O)c1ccc(NC(C)C)cc1F.O=C=O.O=C=O.[C-]#[N+]c1ccc(N2C(=O)C(C)(C)N(c3ccc(C(=O)NC)c(F)c3)C2=S)cc1C.[C-]#[N+]c1ccc(N=C=S)cc1C. The van der Waals surface area contributed by atoms with Gasteiger partial charge < -0.3 is 47.6 Å². The molecule has 1 aliphatic heterocycles. The Morgan fingerprint density at radius 1 is 0.629 bits per heavy atom. The zero-order valence-electron chi connectivity index (χ0n) is 55.5. The number of benzene rings is 6. The van der Waals surface area contributed by atoms with Crippen molar-refractivity contribution in [1.82, 2.24) is 21.3 Å². The Kier molecular flexibility index (Phi) is 36.7. The van der Waals surface area contributed by atoms with Gasteiger partial charge in [0.05, 0.1) is 46.2 Å². The second-order valence-electron chi connectivity index (χ2n) is 22.0. The molecule has 7 rings (SSSR count). The van der Waals surface area contributed by atoms with E-state index in [1.165, 1.54) is 95.5 Å². The van der Waals surface area contributed by atoms with Gasteiger partial charge in [0.15, 0.2) is 16.5 Å². The molecular formula is C67H73BrF4N12O11S2. The first-order chi connectivity index (χ1) is 45.2. The Morgan fingerprint density at radius 3 is 1.35 bits per heavy atom. The molecule has 0 aliphatic carbocycles. The number of carboxylic acids is 1. The van der Waals surface area contributed by atoms with Crippen LogP contribution in [0.3, 0.4) is 0 Å². The summed E-state index contributed by atoms with van der Waals surface area (Å²) in [5.74, 6) is -5.30. The molecule has 0 radical (unpaired) electrons. The number of aliphatic imine (C=N–C) groups is 1. The van der Waals surface area contributed by atoms with Gasteiger partial charge in [-0.15, -0.1) is 0 Å². The summed E-state index contributed by atoms with van der Waals surface area (Å²) in [6.07, 6.45) is 0.500. The summed E-state index contributed by atoms with van der Waals surface area (Å²) < 4.78 is 55.1. The van der Waals surface area contributed by atoms with Gasteiger partial charge in [0, 0.05) is 67.0 Å². The summed E-state index contributed by atoms with van der Waals surface area (Å²) in [5.41, 5.74) is 8.67. The van der Waals surface area contributed by atoms with Crippen molar-refractivity contribution in [3.05, 3.63) is 193 Å². The van der Waals surface area contributed by atoms with E-state index in [9.17, 15) is 46.3 Å². The van der Waals surface area contributed by atoms with Crippen LogP contribution < -0.4 is 47.4 Å². The number of thiocarbonyl (C=S) groups is 2. The third-order valence-electron chi connectivity index (χ3n) is 12.2. The normalized spacial score (nSPS) is 11.2. The molecule has 9 N–H and O–H groups in total. The molecule has 0 atom stereocenters. The molecule has 0 saturated carbocycles. The number of anilines is 4. The lowest BCUT2D eigenvalue weighted by atomic mass is 10.0. The van der Waals surface area contributed by atoms with E-state index in [2.05, 4.69) is 79.9 Å². The summed E-state index contributed by atoms with van der Waals surface area (Å²) in [5, 5.41) is 26.3. The van der Waals surface area contributed by atoms with Crippen LogP contribution in [0, 0.1) is 50.3 Å². The zero-order chi connectivity index (χ0) is 74.9. The lowest BCUT2D eigenvalue weighted by Gasteiger charge is -2.29. The number of nitrogens with two attached hydrogens (primary N) is 1. The maximum absolute atomic E-state index is 14.5. The first-order valence-corrected chi connectivity index (χ1v) is 29.8. The third kappa shape index (κ3) is 28.1. The number of hydrogen-bond acceptors (Lipinski definition) is 16. The standard InChI is InChI=1S/C21H19FN4O2S.C12H17FN2O.C11H15FN2O.C9H6N2S.C8H7BrFNO.C4H9NO2.2CO2/c1-12-10-13(7-9-17(12)23-4)25-19(28)21(2,3)26(20(25)29)14-6-8-15(16(22)11-14)18(27)24-5;1-12(2,3)15-8-5-6-9(10(13)7-8)11(16)14-4;1-7(2)14-8-4-5-9(10(12)6-8)11(15)13-3;1-7-5-8(11-6-12)3-4-9(7)10-2;1-11-8(12)6-3-2-5(9)4-7(6)10;1-4(2,5)3(6)7;2*2-1-3/h6-11H,1-3,5H3,(H,24,27);5-7,15H,1-4H3,(H,14,16);4-7,14H,1-3H3,(H,13,15);3-5H,1H3;2-4H,1H3,(H,11,12);5H2,1-2H3,(H,6,7);;. The predicted octanol–water partition coefficient (Wildman–Crippen LogP) is 12.2. The zero-order valence-corrected chi connectivity index (χ0v) is 58.7. The molecule has 6 aromatic carbocycles. The Balaban J connectivity index is 0.00000118. The molecule has 23 nitrogen and oxygen atoms in total. The summed E-state index contributed by atoms with van der Waals surface area (Å²) in [7, 11) is 5.83. The van der Waals surface area contributed by atoms with Crippen molar-refractivity contribution in [2.24, 2.45) is 10.7 Å². The fourth-order valence-corrected chi connectivity index (χ4v) is 8.58. The molecule has 97 heavy (non-hydrogen) atoms. The van der Waals surface area contributed by atoms with E-state index in [1.54, 1.807) is 80.3 Å². The van der Waals surface area contributed by atoms with Gasteiger partial charge in [0.25, 0.3) is 29.5 Å². The molecule has 0 spiro atoms. The van der Waals surface area contributed by atoms with Gasteiger partial charge in [-0.05, 0) is 209 Å². The smallest absolute Gasteiger partial charge is 0.373 e. The Morgan fingerprint density at radius 2 is 1.00 bits per heavy atom. The predicted molar refractivity (Wildman–Crippen MR) is 371 cm³/mol. The molecule has 5 amide bonds. The number of halogens is 5.